The van der Waals surface area contributed by atoms with Gasteiger partial charge in [-0.3, -0.25) is 4.79 Å². The van der Waals surface area contributed by atoms with E-state index >= 15 is 0 Å². The van der Waals surface area contributed by atoms with Crippen LogP contribution in [0.2, 0.25) is 5.02 Å². The number of rotatable bonds is 4. The number of piperidine rings is 1. The van der Waals surface area contributed by atoms with Gasteiger partial charge in [0.15, 0.2) is 0 Å². The van der Waals surface area contributed by atoms with Gasteiger partial charge in [0.1, 0.15) is 0 Å². The summed E-state index contributed by atoms with van der Waals surface area (Å²) in [5.74, 6) is 0.179. The number of hydrogen-bond donors (Lipinski definition) is 2. The van der Waals surface area contributed by atoms with Crippen LogP contribution < -0.4 is 16.0 Å². The van der Waals surface area contributed by atoms with Gasteiger partial charge in [-0.1, -0.05) is 11.6 Å². The molecule has 1 amide bonds. The number of nitrogens with one attached hydrogen (secondary N) is 1. The summed E-state index contributed by atoms with van der Waals surface area (Å²) in [6.07, 6.45) is 2.42. The molecule has 5 heteroatoms. The van der Waals surface area contributed by atoms with E-state index in [1.54, 1.807) is 18.2 Å². The minimum atomic E-state index is -0.416. The van der Waals surface area contributed by atoms with Crippen LogP contribution in [0, 0.1) is 5.92 Å². The van der Waals surface area contributed by atoms with Crippen molar-refractivity contribution in [1.29, 1.82) is 0 Å². The van der Waals surface area contributed by atoms with Gasteiger partial charge in [0.25, 0.3) is 5.91 Å². The van der Waals surface area contributed by atoms with E-state index in [1.807, 2.05) is 7.05 Å². The number of nitrogens with two attached hydrogens (primary N) is 1. The molecule has 1 aromatic carbocycles. The number of carbonyl (C=O) groups excluding carboxylic acids is 1. The zero-order chi connectivity index (χ0) is 13.8. The van der Waals surface area contributed by atoms with Crippen molar-refractivity contribution < 1.29 is 4.79 Å². The van der Waals surface area contributed by atoms with E-state index in [-0.39, 0.29) is 0 Å². The molecule has 0 saturated carbocycles. The first-order chi connectivity index (χ1) is 9.08. The van der Waals surface area contributed by atoms with Crippen LogP contribution >= 0.6 is 11.6 Å². The van der Waals surface area contributed by atoms with E-state index in [1.165, 1.54) is 12.8 Å². The maximum Gasteiger partial charge on any atom is 0.250 e. The van der Waals surface area contributed by atoms with Crippen molar-refractivity contribution in [2.75, 3.05) is 31.6 Å². The van der Waals surface area contributed by atoms with Crippen LogP contribution in [-0.4, -0.2) is 32.6 Å². The van der Waals surface area contributed by atoms with E-state index in [0.717, 1.165) is 25.3 Å². The number of primary amides is 1. The minimum absolute atomic E-state index is 0.416. The Morgan fingerprint density at radius 2 is 2.37 bits per heavy atom. The Morgan fingerprint density at radius 1 is 1.58 bits per heavy atom. The quantitative estimate of drug-likeness (QED) is 0.886. The molecule has 1 atom stereocenters. The van der Waals surface area contributed by atoms with E-state index in [0.29, 0.717) is 16.5 Å². The molecular weight excluding hydrogens is 262 g/mol. The van der Waals surface area contributed by atoms with Crippen molar-refractivity contribution in [1.82, 2.24) is 5.32 Å². The second-order valence-corrected chi connectivity index (χ2v) is 5.56. The molecule has 3 N–H and O–H groups in total. The number of anilines is 1. The van der Waals surface area contributed by atoms with Gasteiger partial charge in [-0.2, -0.15) is 0 Å². The highest BCUT2D eigenvalue weighted by atomic mass is 35.5. The molecule has 4 nitrogen and oxygen atoms in total. The zero-order valence-corrected chi connectivity index (χ0v) is 11.9. The highest BCUT2D eigenvalue weighted by molar-refractivity contribution is 6.31. The predicted molar refractivity (Wildman–Crippen MR) is 78.8 cm³/mol. The van der Waals surface area contributed by atoms with E-state index < -0.39 is 5.91 Å². The Morgan fingerprint density at radius 3 is 3.00 bits per heavy atom. The molecule has 1 aliphatic rings. The van der Waals surface area contributed by atoms with Gasteiger partial charge in [-0.05, 0) is 50.0 Å². The lowest BCUT2D eigenvalue weighted by Gasteiger charge is -2.29. The minimum Gasteiger partial charge on any atom is -0.374 e. The Labute approximate surface area is 118 Å². The van der Waals surface area contributed by atoms with Crippen molar-refractivity contribution in [3.63, 3.8) is 0 Å². The molecule has 1 heterocycles. The summed E-state index contributed by atoms with van der Waals surface area (Å²) in [6.45, 7) is 3.02. The topological polar surface area (TPSA) is 58.4 Å². The molecule has 1 unspecified atom stereocenters. The highest BCUT2D eigenvalue weighted by Crippen LogP contribution is 2.25. The van der Waals surface area contributed by atoms with Crippen LogP contribution in [-0.2, 0) is 0 Å². The van der Waals surface area contributed by atoms with Crippen molar-refractivity contribution in [3.05, 3.63) is 28.8 Å². The average Bonchev–Trinajstić information content (AvgIpc) is 2.39. The first-order valence-corrected chi connectivity index (χ1v) is 6.97. The van der Waals surface area contributed by atoms with Gasteiger partial charge in [0, 0.05) is 18.6 Å². The molecule has 0 bridgehead atoms. The number of carbonyl (C=O) groups is 1. The van der Waals surface area contributed by atoms with Crippen LogP contribution in [0.1, 0.15) is 23.2 Å². The predicted octanol–water partition coefficient (Wildman–Crippen LogP) is 1.87. The van der Waals surface area contributed by atoms with Crippen LogP contribution in [0.5, 0.6) is 0 Å². The fourth-order valence-electron chi connectivity index (χ4n) is 2.59. The largest absolute Gasteiger partial charge is 0.374 e. The molecule has 104 valence electrons. The Kier molecular flexibility index (Phi) is 4.66. The monoisotopic (exact) mass is 281 g/mol. The van der Waals surface area contributed by atoms with Crippen LogP contribution in [0.3, 0.4) is 0 Å². The Balaban J connectivity index is 2.14. The SMILES string of the molecule is CN(CC1CCCNC1)c1cc(Cl)ccc1C(N)=O. The lowest BCUT2D eigenvalue weighted by atomic mass is 9.98. The standard InChI is InChI=1S/C14H20ClN3O/c1-18(9-10-3-2-6-17-8-10)13-7-11(15)4-5-12(13)14(16)19/h4-5,7,10,17H,2-3,6,8-9H2,1H3,(H2,16,19). The van der Waals surface area contributed by atoms with Crippen molar-refractivity contribution in [2.45, 2.75) is 12.8 Å². The summed E-state index contributed by atoms with van der Waals surface area (Å²) in [5.41, 5.74) is 6.75. The maximum absolute atomic E-state index is 11.5. The van der Waals surface area contributed by atoms with Gasteiger partial charge >= 0.3 is 0 Å². The van der Waals surface area contributed by atoms with Gasteiger partial charge < -0.3 is 16.0 Å². The van der Waals surface area contributed by atoms with Gasteiger partial charge in [0.2, 0.25) is 0 Å². The molecular formula is C14H20ClN3O. The molecule has 1 saturated heterocycles. The maximum atomic E-state index is 11.5. The molecule has 0 spiro atoms. The fraction of sp³-hybridized carbons (Fsp3) is 0.500. The number of amides is 1. The highest BCUT2D eigenvalue weighted by Gasteiger charge is 2.18. The summed E-state index contributed by atoms with van der Waals surface area (Å²) in [6, 6.07) is 5.19. The normalized spacial score (nSPS) is 19.2. The summed E-state index contributed by atoms with van der Waals surface area (Å²) < 4.78 is 0. The van der Waals surface area contributed by atoms with Crippen LogP contribution in [0.25, 0.3) is 0 Å². The third-order valence-electron chi connectivity index (χ3n) is 3.57. The van der Waals surface area contributed by atoms with Crippen molar-refractivity contribution in [2.24, 2.45) is 11.7 Å². The number of benzene rings is 1. The van der Waals surface area contributed by atoms with E-state index in [2.05, 4.69) is 10.2 Å². The van der Waals surface area contributed by atoms with Gasteiger partial charge in [0.05, 0.1) is 11.3 Å². The summed E-state index contributed by atoms with van der Waals surface area (Å²) in [5, 5.41) is 4.02. The molecule has 19 heavy (non-hydrogen) atoms. The second kappa shape index (κ2) is 6.26. The molecule has 1 aliphatic heterocycles. The fourth-order valence-corrected chi connectivity index (χ4v) is 2.76. The zero-order valence-electron chi connectivity index (χ0n) is 11.2. The lowest BCUT2D eigenvalue weighted by Crippen LogP contribution is -2.37. The first kappa shape index (κ1) is 14.2. The number of halogens is 1. The Hall–Kier alpha value is -1.26. The third kappa shape index (κ3) is 3.61. The second-order valence-electron chi connectivity index (χ2n) is 5.12. The summed E-state index contributed by atoms with van der Waals surface area (Å²) in [7, 11) is 1.98. The van der Waals surface area contributed by atoms with E-state index in [4.69, 9.17) is 17.3 Å². The van der Waals surface area contributed by atoms with E-state index in [9.17, 15) is 4.79 Å². The smallest absolute Gasteiger partial charge is 0.250 e. The molecule has 0 radical (unpaired) electrons. The molecule has 0 aromatic heterocycles. The Bertz CT molecular complexity index is 458. The molecule has 1 aromatic rings. The third-order valence-corrected chi connectivity index (χ3v) is 3.80. The van der Waals surface area contributed by atoms with Crippen LogP contribution in [0.15, 0.2) is 18.2 Å². The van der Waals surface area contributed by atoms with Gasteiger partial charge in [-0.15, -0.1) is 0 Å². The number of hydrogen-bond acceptors (Lipinski definition) is 3. The summed E-state index contributed by atoms with van der Waals surface area (Å²) in [4.78, 5) is 13.5. The molecule has 0 aliphatic carbocycles. The summed E-state index contributed by atoms with van der Waals surface area (Å²) >= 11 is 6.02. The lowest BCUT2D eigenvalue weighted by molar-refractivity contribution is 0.100. The van der Waals surface area contributed by atoms with Crippen molar-refractivity contribution in [3.8, 4) is 0 Å². The van der Waals surface area contributed by atoms with Crippen molar-refractivity contribution >= 4 is 23.2 Å². The number of nitrogens with zero attached hydrogens (tertiary/aromatic N) is 1. The molecule has 2 rings (SSSR count). The average molecular weight is 282 g/mol. The molecule has 1 fully saturated rings. The van der Waals surface area contributed by atoms with Crippen LogP contribution in [0.4, 0.5) is 5.69 Å². The van der Waals surface area contributed by atoms with Gasteiger partial charge in [-0.25, -0.2) is 0 Å². The first-order valence-electron chi connectivity index (χ1n) is 6.59.